The zero-order valence-corrected chi connectivity index (χ0v) is 20.6. The van der Waals surface area contributed by atoms with E-state index < -0.39 is 6.43 Å². The van der Waals surface area contributed by atoms with E-state index >= 15 is 0 Å². The summed E-state index contributed by atoms with van der Waals surface area (Å²) in [6.45, 7) is 6.37. The second-order valence-corrected chi connectivity index (χ2v) is 9.56. The lowest BCUT2D eigenvalue weighted by Crippen LogP contribution is -2.51. The minimum atomic E-state index is -2.70. The van der Waals surface area contributed by atoms with Gasteiger partial charge < -0.3 is 25.8 Å². The van der Waals surface area contributed by atoms with Gasteiger partial charge in [-0.3, -0.25) is 9.48 Å². The minimum absolute atomic E-state index is 0.0426. The number of nitrogens with one attached hydrogen (secondary N) is 3. The maximum Gasteiger partial charge on any atom is 0.268 e. The van der Waals surface area contributed by atoms with Crippen LogP contribution in [0.15, 0.2) is 12.4 Å². The first kappa shape index (κ1) is 25.2. The largest absolute Gasteiger partial charge is 0.369 e. The highest BCUT2D eigenvalue weighted by Gasteiger charge is 2.29. The monoisotopic (exact) mass is 491 g/mol. The minimum Gasteiger partial charge on any atom is -0.369 e. The number of alkyl halides is 2. The lowest BCUT2D eigenvalue weighted by atomic mass is 10.0. The van der Waals surface area contributed by atoms with E-state index in [4.69, 9.17) is 0 Å². The molecular weight excluding hydrogens is 456 g/mol. The molecule has 2 aromatic heterocycles. The number of aromatic nitrogens is 4. The SMILES string of the molecule is Cc1nn(C2CCN(C)CC2)cc1Nc1ncc(C(F)F)c(NCCCNC(=O)C2CN(C)C2)n1. The van der Waals surface area contributed by atoms with Crippen molar-refractivity contribution in [2.75, 3.05) is 64.0 Å². The van der Waals surface area contributed by atoms with Crippen LogP contribution in [0, 0.1) is 12.8 Å². The number of carbonyl (C=O) groups excluding carboxylic acids is 1. The van der Waals surface area contributed by atoms with Gasteiger partial charge in [-0.05, 0) is 53.4 Å². The Morgan fingerprint density at radius 2 is 1.91 bits per heavy atom. The quantitative estimate of drug-likeness (QED) is 0.436. The molecule has 2 aromatic rings. The van der Waals surface area contributed by atoms with Crippen LogP contribution in [0.3, 0.4) is 0 Å². The molecule has 0 spiro atoms. The van der Waals surface area contributed by atoms with E-state index in [0.717, 1.165) is 56.6 Å². The fourth-order valence-electron chi connectivity index (χ4n) is 4.44. The second-order valence-electron chi connectivity index (χ2n) is 9.56. The van der Waals surface area contributed by atoms with Crippen LogP contribution in [0.1, 0.15) is 43.0 Å². The Bertz CT molecular complexity index is 1000. The van der Waals surface area contributed by atoms with Crippen molar-refractivity contribution in [3.63, 3.8) is 0 Å². The van der Waals surface area contributed by atoms with E-state index in [1.807, 2.05) is 24.9 Å². The highest BCUT2D eigenvalue weighted by molar-refractivity contribution is 5.79. The van der Waals surface area contributed by atoms with Gasteiger partial charge in [-0.1, -0.05) is 0 Å². The molecule has 2 aliphatic heterocycles. The van der Waals surface area contributed by atoms with Crippen molar-refractivity contribution < 1.29 is 13.6 Å². The van der Waals surface area contributed by atoms with Gasteiger partial charge in [0.15, 0.2) is 0 Å². The van der Waals surface area contributed by atoms with Crippen molar-refractivity contribution in [3.05, 3.63) is 23.7 Å². The molecule has 2 aliphatic rings. The Labute approximate surface area is 204 Å². The van der Waals surface area contributed by atoms with Crippen LogP contribution in [-0.4, -0.2) is 88.8 Å². The average molecular weight is 492 g/mol. The molecule has 12 heteroatoms. The van der Waals surface area contributed by atoms with Crippen molar-refractivity contribution in [2.24, 2.45) is 5.92 Å². The summed E-state index contributed by atoms with van der Waals surface area (Å²) in [6.07, 6.45) is 3.04. The van der Waals surface area contributed by atoms with Gasteiger partial charge >= 0.3 is 0 Å². The number of carbonyl (C=O) groups is 1. The zero-order chi connectivity index (χ0) is 24.9. The highest BCUT2D eigenvalue weighted by Crippen LogP contribution is 2.28. The number of hydrogen-bond donors (Lipinski definition) is 3. The number of hydrogen-bond acceptors (Lipinski definition) is 8. The van der Waals surface area contributed by atoms with Gasteiger partial charge in [0.1, 0.15) is 5.82 Å². The molecular formula is C23H35F2N9O. The van der Waals surface area contributed by atoms with Crippen LogP contribution in [-0.2, 0) is 4.79 Å². The Kier molecular flexibility index (Phi) is 8.11. The molecule has 2 fully saturated rings. The molecule has 4 heterocycles. The number of nitrogens with zero attached hydrogens (tertiary/aromatic N) is 6. The van der Waals surface area contributed by atoms with Crippen LogP contribution in [0.4, 0.5) is 26.2 Å². The van der Waals surface area contributed by atoms with Crippen LogP contribution in [0.5, 0.6) is 0 Å². The molecule has 35 heavy (non-hydrogen) atoms. The lowest BCUT2D eigenvalue weighted by Gasteiger charge is -2.34. The smallest absolute Gasteiger partial charge is 0.268 e. The summed E-state index contributed by atoms with van der Waals surface area (Å²) in [5.74, 6) is 0.400. The molecule has 0 saturated carbocycles. The number of anilines is 3. The van der Waals surface area contributed by atoms with E-state index in [2.05, 4.69) is 47.9 Å². The summed E-state index contributed by atoms with van der Waals surface area (Å²) < 4.78 is 29.0. The molecule has 0 bridgehead atoms. The van der Waals surface area contributed by atoms with E-state index in [1.54, 1.807) is 0 Å². The van der Waals surface area contributed by atoms with Gasteiger partial charge in [0, 0.05) is 38.6 Å². The fourth-order valence-corrected chi connectivity index (χ4v) is 4.44. The van der Waals surface area contributed by atoms with Crippen molar-refractivity contribution in [3.8, 4) is 0 Å². The number of halogens is 2. The van der Waals surface area contributed by atoms with Crippen LogP contribution < -0.4 is 16.0 Å². The van der Waals surface area contributed by atoms with E-state index in [-0.39, 0.29) is 29.2 Å². The van der Waals surface area contributed by atoms with Crippen molar-refractivity contribution >= 4 is 23.4 Å². The maximum absolute atomic E-state index is 13.5. The number of amides is 1. The van der Waals surface area contributed by atoms with Gasteiger partial charge in [-0.2, -0.15) is 10.1 Å². The third-order valence-electron chi connectivity index (χ3n) is 6.66. The zero-order valence-electron chi connectivity index (χ0n) is 20.6. The van der Waals surface area contributed by atoms with Gasteiger partial charge in [0.2, 0.25) is 11.9 Å². The van der Waals surface area contributed by atoms with E-state index in [1.165, 1.54) is 0 Å². The number of aryl methyl sites for hydroxylation is 1. The molecule has 3 N–H and O–H groups in total. The first-order chi connectivity index (χ1) is 16.8. The molecule has 192 valence electrons. The van der Waals surface area contributed by atoms with Crippen LogP contribution in [0.25, 0.3) is 0 Å². The predicted octanol–water partition coefficient (Wildman–Crippen LogP) is 2.41. The summed E-state index contributed by atoms with van der Waals surface area (Å²) in [6, 6.07) is 0.338. The Morgan fingerprint density at radius 3 is 2.60 bits per heavy atom. The van der Waals surface area contributed by atoms with Gasteiger partial charge in [0.25, 0.3) is 6.43 Å². The first-order valence-corrected chi connectivity index (χ1v) is 12.2. The molecule has 0 radical (unpaired) electrons. The van der Waals surface area contributed by atoms with Crippen molar-refractivity contribution in [2.45, 2.75) is 38.7 Å². The maximum atomic E-state index is 13.5. The summed E-state index contributed by atoms with van der Waals surface area (Å²) in [5.41, 5.74) is 1.30. The molecule has 0 aromatic carbocycles. The third kappa shape index (κ3) is 6.43. The molecule has 0 aliphatic carbocycles. The summed E-state index contributed by atoms with van der Waals surface area (Å²) in [5, 5.41) is 13.7. The summed E-state index contributed by atoms with van der Waals surface area (Å²) >= 11 is 0. The van der Waals surface area contributed by atoms with Crippen molar-refractivity contribution in [1.82, 2.24) is 34.9 Å². The van der Waals surface area contributed by atoms with E-state index in [9.17, 15) is 13.6 Å². The number of piperidine rings is 1. The summed E-state index contributed by atoms with van der Waals surface area (Å²) in [7, 11) is 4.09. The standard InChI is InChI=1S/C23H35F2N9O/c1-15-19(14-34(31-15)17-5-9-32(2)10-6-17)29-23-28-11-18(20(24)25)21(30-23)26-7-4-8-27-22(35)16-12-33(3)13-16/h11,14,16-17,20H,4-10,12-13H2,1-3H3,(H,27,35)(H2,26,28,29,30). The molecule has 0 unspecified atom stereocenters. The van der Waals surface area contributed by atoms with E-state index in [0.29, 0.717) is 25.6 Å². The van der Waals surface area contributed by atoms with Gasteiger partial charge in [-0.15, -0.1) is 0 Å². The van der Waals surface area contributed by atoms with Crippen molar-refractivity contribution in [1.29, 1.82) is 0 Å². The normalized spacial score (nSPS) is 18.0. The van der Waals surface area contributed by atoms with Gasteiger partial charge in [0.05, 0.1) is 28.9 Å². The number of rotatable bonds is 10. The fraction of sp³-hybridized carbons (Fsp3) is 0.652. The molecule has 1 amide bonds. The molecule has 4 rings (SSSR count). The average Bonchev–Trinajstić information content (AvgIpc) is 3.17. The predicted molar refractivity (Wildman–Crippen MR) is 130 cm³/mol. The Balaban J connectivity index is 1.33. The van der Waals surface area contributed by atoms with Gasteiger partial charge in [-0.25, -0.2) is 13.8 Å². The molecule has 0 atom stereocenters. The number of likely N-dealkylation sites (tertiary alicyclic amines) is 2. The first-order valence-electron chi connectivity index (χ1n) is 12.2. The van der Waals surface area contributed by atoms with Crippen LogP contribution >= 0.6 is 0 Å². The second kappa shape index (κ2) is 11.3. The Morgan fingerprint density at radius 1 is 1.17 bits per heavy atom. The molecule has 2 saturated heterocycles. The Hall–Kier alpha value is -2.86. The summed E-state index contributed by atoms with van der Waals surface area (Å²) in [4.78, 5) is 24.8. The third-order valence-corrected chi connectivity index (χ3v) is 6.66. The molecule has 10 nitrogen and oxygen atoms in total. The lowest BCUT2D eigenvalue weighted by molar-refractivity contribution is -0.129. The highest BCUT2D eigenvalue weighted by atomic mass is 19.3. The topological polar surface area (TPSA) is 103 Å². The van der Waals surface area contributed by atoms with Crippen LogP contribution in [0.2, 0.25) is 0 Å².